The zero-order chi connectivity index (χ0) is 13.2. The maximum atomic E-state index is 11.4. The van der Waals surface area contributed by atoms with Crippen LogP contribution in [0.5, 0.6) is 0 Å². The van der Waals surface area contributed by atoms with Crippen molar-refractivity contribution >= 4 is 38.1 Å². The third-order valence-electron chi connectivity index (χ3n) is 2.90. The van der Waals surface area contributed by atoms with Gasteiger partial charge >= 0.3 is 0 Å². The van der Waals surface area contributed by atoms with Crippen molar-refractivity contribution in [1.29, 1.82) is 0 Å². The number of methoxy groups -OCH3 is 1. The number of nitrogens with zero attached hydrogens (tertiary/aromatic N) is 1. The molecular formula is C12H14Br2N2O2. The Morgan fingerprint density at radius 1 is 1.50 bits per heavy atom. The number of hydrogen-bond donors (Lipinski definition) is 1. The molecule has 0 spiro atoms. The van der Waals surface area contributed by atoms with Gasteiger partial charge in [-0.05, 0) is 37.4 Å². The molecule has 1 aliphatic rings. The van der Waals surface area contributed by atoms with Gasteiger partial charge in [0.2, 0.25) is 0 Å². The van der Waals surface area contributed by atoms with Gasteiger partial charge in [-0.1, -0.05) is 24.3 Å². The minimum atomic E-state index is -0.552. The predicted octanol–water partition coefficient (Wildman–Crippen LogP) is 2.29. The largest absolute Gasteiger partial charge is 0.383 e. The molecule has 0 saturated carbocycles. The number of alkyl halides is 2. The second kappa shape index (κ2) is 5.79. The van der Waals surface area contributed by atoms with Crippen molar-refractivity contribution in [3.8, 4) is 0 Å². The average Bonchev–Trinajstić information content (AvgIpc) is 2.36. The number of nitrogens with one attached hydrogen (secondary N) is 1. The van der Waals surface area contributed by atoms with E-state index in [9.17, 15) is 4.79 Å². The van der Waals surface area contributed by atoms with E-state index in [4.69, 9.17) is 4.74 Å². The van der Waals surface area contributed by atoms with Crippen molar-refractivity contribution in [3.05, 3.63) is 35.4 Å². The highest BCUT2D eigenvalue weighted by atomic mass is 79.9. The van der Waals surface area contributed by atoms with E-state index in [-0.39, 0.29) is 6.04 Å². The summed E-state index contributed by atoms with van der Waals surface area (Å²) in [6, 6.07) is 7.53. The number of aldehydes is 1. The highest BCUT2D eigenvalue weighted by Crippen LogP contribution is 2.43. The van der Waals surface area contributed by atoms with Crippen LogP contribution in [0.4, 0.5) is 0 Å². The molecule has 98 valence electrons. The first-order valence-electron chi connectivity index (χ1n) is 5.56. The normalized spacial score (nSPS) is 22.5. The number of rotatable bonds is 4. The fourth-order valence-electron chi connectivity index (χ4n) is 2.05. The summed E-state index contributed by atoms with van der Waals surface area (Å²) in [7, 11) is 1.64. The van der Waals surface area contributed by atoms with E-state index in [1.807, 2.05) is 29.3 Å². The Bertz CT molecular complexity index is 440. The highest BCUT2D eigenvalue weighted by Gasteiger charge is 2.39. The van der Waals surface area contributed by atoms with Gasteiger partial charge in [-0.2, -0.15) is 0 Å². The molecule has 0 aromatic heterocycles. The molecule has 0 aliphatic carbocycles. The van der Waals surface area contributed by atoms with E-state index in [0.717, 1.165) is 17.4 Å². The summed E-state index contributed by atoms with van der Waals surface area (Å²) in [5, 5.41) is 1.86. The topological polar surface area (TPSA) is 41.6 Å². The molecule has 0 fully saturated rings. The number of carbonyl (C=O) groups excluding carboxylic acids is 1. The number of hydrazine groups is 1. The van der Waals surface area contributed by atoms with Crippen molar-refractivity contribution in [1.82, 2.24) is 10.4 Å². The molecule has 18 heavy (non-hydrogen) atoms. The zero-order valence-electron chi connectivity index (χ0n) is 9.90. The van der Waals surface area contributed by atoms with Crippen LogP contribution in [0.1, 0.15) is 17.2 Å². The molecule has 1 N–H and O–H groups in total. The lowest BCUT2D eigenvalue weighted by atomic mass is 9.98. The van der Waals surface area contributed by atoms with Crippen LogP contribution >= 0.6 is 31.9 Å². The predicted molar refractivity (Wildman–Crippen MR) is 76.5 cm³/mol. The minimum Gasteiger partial charge on any atom is -0.383 e. The molecule has 1 aromatic rings. The summed E-state index contributed by atoms with van der Waals surface area (Å²) >= 11 is 7.17. The Morgan fingerprint density at radius 3 is 2.89 bits per heavy atom. The summed E-state index contributed by atoms with van der Waals surface area (Å²) in [5.41, 5.74) is 5.23. The number of benzene rings is 1. The third-order valence-corrected chi connectivity index (χ3v) is 4.11. The molecule has 1 heterocycles. The summed E-state index contributed by atoms with van der Waals surface area (Å²) < 4.78 is 4.51. The van der Waals surface area contributed by atoms with Crippen LogP contribution in [0.15, 0.2) is 24.3 Å². The lowest BCUT2D eigenvalue weighted by Gasteiger charge is -2.41. The summed E-state index contributed by atoms with van der Waals surface area (Å²) in [5.74, 6) is 0. The van der Waals surface area contributed by atoms with Crippen LogP contribution in [0.25, 0.3) is 0 Å². The molecule has 2 rings (SSSR count). The molecule has 0 saturated heterocycles. The molecule has 1 atom stereocenters. The van der Waals surface area contributed by atoms with Crippen molar-refractivity contribution in [2.75, 3.05) is 20.3 Å². The third kappa shape index (κ3) is 2.67. The fraction of sp³-hybridized carbons (Fsp3) is 0.417. The van der Waals surface area contributed by atoms with Gasteiger partial charge in [-0.3, -0.25) is 0 Å². The van der Waals surface area contributed by atoms with E-state index in [1.165, 1.54) is 0 Å². The monoisotopic (exact) mass is 376 g/mol. The van der Waals surface area contributed by atoms with Gasteiger partial charge in [0.15, 0.2) is 3.36 Å². The summed E-state index contributed by atoms with van der Waals surface area (Å²) in [4.78, 5) is 11.4. The second-order valence-electron chi connectivity index (χ2n) is 4.04. The Labute approximate surface area is 123 Å². The van der Waals surface area contributed by atoms with Gasteiger partial charge in [0.1, 0.15) is 12.3 Å². The van der Waals surface area contributed by atoms with Crippen molar-refractivity contribution in [3.63, 3.8) is 0 Å². The first kappa shape index (κ1) is 14.1. The molecular weight excluding hydrogens is 364 g/mol. The van der Waals surface area contributed by atoms with Crippen LogP contribution in [-0.2, 0) is 12.9 Å². The van der Waals surface area contributed by atoms with E-state index in [0.29, 0.717) is 13.2 Å². The lowest BCUT2D eigenvalue weighted by Crippen LogP contribution is -2.53. The van der Waals surface area contributed by atoms with E-state index < -0.39 is 3.36 Å². The van der Waals surface area contributed by atoms with Gasteiger partial charge in [-0.25, -0.2) is 10.4 Å². The minimum absolute atomic E-state index is 0.306. The molecule has 6 heteroatoms. The standard InChI is InChI=1S/C12H14Br2N2O2/c1-18-7-6-16-11(8-17)9-4-2-3-5-10(9)12(13,14)15-16/h2-5,8,11,15H,6-7H2,1H3. The number of carbonyl (C=O) groups is 1. The van der Waals surface area contributed by atoms with E-state index >= 15 is 0 Å². The van der Waals surface area contributed by atoms with Crippen LogP contribution in [0.3, 0.4) is 0 Å². The van der Waals surface area contributed by atoms with Gasteiger partial charge in [-0.15, -0.1) is 0 Å². The Hall–Kier alpha value is -0.270. The average molecular weight is 378 g/mol. The molecule has 1 unspecified atom stereocenters. The first-order valence-corrected chi connectivity index (χ1v) is 7.14. The molecule has 0 radical (unpaired) electrons. The number of hydrogen-bond acceptors (Lipinski definition) is 4. The smallest absolute Gasteiger partial charge is 0.168 e. The van der Waals surface area contributed by atoms with Crippen LogP contribution in [0, 0.1) is 0 Å². The summed E-state index contributed by atoms with van der Waals surface area (Å²) in [6.45, 7) is 1.17. The molecule has 4 nitrogen and oxygen atoms in total. The van der Waals surface area contributed by atoms with E-state index in [1.54, 1.807) is 7.11 Å². The fourth-order valence-corrected chi connectivity index (χ4v) is 3.23. The quantitative estimate of drug-likeness (QED) is 0.496. The van der Waals surface area contributed by atoms with Crippen LogP contribution in [0.2, 0.25) is 0 Å². The van der Waals surface area contributed by atoms with E-state index in [2.05, 4.69) is 37.3 Å². The Kier molecular flexibility index (Phi) is 4.55. The molecule has 1 aliphatic heterocycles. The van der Waals surface area contributed by atoms with Crippen molar-refractivity contribution in [2.24, 2.45) is 0 Å². The van der Waals surface area contributed by atoms with Crippen molar-refractivity contribution in [2.45, 2.75) is 9.40 Å². The Morgan fingerprint density at radius 2 is 2.22 bits per heavy atom. The second-order valence-corrected chi connectivity index (χ2v) is 7.48. The molecule has 0 bridgehead atoms. The van der Waals surface area contributed by atoms with Crippen LogP contribution < -0.4 is 5.43 Å². The number of ether oxygens (including phenoxy) is 1. The maximum Gasteiger partial charge on any atom is 0.168 e. The first-order chi connectivity index (χ1) is 8.60. The number of halogens is 2. The Balaban J connectivity index is 2.37. The molecule has 0 amide bonds. The highest BCUT2D eigenvalue weighted by molar-refractivity contribution is 9.24. The summed E-state index contributed by atoms with van der Waals surface area (Å²) in [6.07, 6.45) is 0.941. The lowest BCUT2D eigenvalue weighted by molar-refractivity contribution is -0.115. The molecule has 1 aromatic carbocycles. The van der Waals surface area contributed by atoms with Crippen LogP contribution in [-0.4, -0.2) is 31.6 Å². The van der Waals surface area contributed by atoms with Crippen molar-refractivity contribution < 1.29 is 9.53 Å². The van der Waals surface area contributed by atoms with Gasteiger partial charge < -0.3 is 9.53 Å². The van der Waals surface area contributed by atoms with Gasteiger partial charge in [0, 0.05) is 19.2 Å². The maximum absolute atomic E-state index is 11.4. The number of fused-ring (bicyclic) bond motifs is 1. The zero-order valence-corrected chi connectivity index (χ0v) is 13.1. The van der Waals surface area contributed by atoms with Gasteiger partial charge in [0.05, 0.1) is 6.61 Å². The SMILES string of the molecule is COCCN1NC(Br)(Br)c2ccccc2C1C=O. The van der Waals surface area contributed by atoms with Gasteiger partial charge in [0.25, 0.3) is 0 Å².